The summed E-state index contributed by atoms with van der Waals surface area (Å²) in [6.07, 6.45) is 2.32. The first-order valence-corrected chi connectivity index (χ1v) is 9.88. The lowest BCUT2D eigenvalue weighted by molar-refractivity contribution is 0.161. The molecule has 1 fully saturated rings. The summed E-state index contributed by atoms with van der Waals surface area (Å²) in [7, 11) is 1.79. The van der Waals surface area contributed by atoms with Crippen LogP contribution in [0.4, 0.5) is 4.79 Å². The van der Waals surface area contributed by atoms with Gasteiger partial charge in [0.15, 0.2) is 0 Å². The lowest BCUT2D eigenvalue weighted by Gasteiger charge is -2.33. The first kappa shape index (κ1) is 19.9. The van der Waals surface area contributed by atoms with E-state index < -0.39 is 0 Å². The van der Waals surface area contributed by atoms with E-state index in [4.69, 9.17) is 5.26 Å². The molecule has 2 aromatic carbocycles. The molecule has 1 saturated heterocycles. The molecule has 1 aliphatic rings. The van der Waals surface area contributed by atoms with Gasteiger partial charge in [0.25, 0.3) is 0 Å². The smallest absolute Gasteiger partial charge is 0.317 e. The van der Waals surface area contributed by atoms with Crippen molar-refractivity contribution in [1.29, 1.82) is 5.26 Å². The number of urea groups is 1. The van der Waals surface area contributed by atoms with Crippen molar-refractivity contribution < 1.29 is 4.79 Å². The summed E-state index contributed by atoms with van der Waals surface area (Å²) in [6, 6.07) is 20.0. The Labute approximate surface area is 167 Å². The first-order chi connectivity index (χ1) is 13.6. The maximum Gasteiger partial charge on any atom is 0.317 e. The van der Waals surface area contributed by atoms with E-state index in [1.807, 2.05) is 24.3 Å². The van der Waals surface area contributed by atoms with Gasteiger partial charge in [0.05, 0.1) is 11.6 Å². The molecule has 0 saturated carbocycles. The van der Waals surface area contributed by atoms with E-state index in [1.165, 1.54) is 12.0 Å². The number of nitrogens with one attached hydrogen (secondary N) is 1. The molecule has 0 bridgehead atoms. The van der Waals surface area contributed by atoms with Gasteiger partial charge in [-0.1, -0.05) is 42.5 Å². The summed E-state index contributed by atoms with van der Waals surface area (Å²) in [6.45, 7) is 4.30. The third kappa shape index (κ3) is 5.83. The first-order valence-electron chi connectivity index (χ1n) is 9.88. The van der Waals surface area contributed by atoms with Crippen LogP contribution in [0, 0.1) is 17.2 Å². The highest BCUT2D eigenvalue weighted by Gasteiger charge is 2.21. The highest BCUT2D eigenvalue weighted by molar-refractivity contribution is 5.73. The zero-order valence-electron chi connectivity index (χ0n) is 16.5. The van der Waals surface area contributed by atoms with E-state index in [-0.39, 0.29) is 6.03 Å². The van der Waals surface area contributed by atoms with Crippen LogP contribution in [-0.2, 0) is 13.1 Å². The molecule has 3 rings (SSSR count). The molecule has 0 aliphatic carbocycles. The molecule has 1 N–H and O–H groups in total. The highest BCUT2D eigenvalue weighted by Crippen LogP contribution is 2.18. The minimum absolute atomic E-state index is 0.0671. The number of likely N-dealkylation sites (tertiary alicyclic amines) is 1. The van der Waals surface area contributed by atoms with Crippen molar-refractivity contribution in [1.82, 2.24) is 15.1 Å². The molecule has 146 valence electrons. The van der Waals surface area contributed by atoms with Gasteiger partial charge in [-0.3, -0.25) is 4.90 Å². The fraction of sp³-hybridized carbons (Fsp3) is 0.391. The Morgan fingerprint density at radius 2 is 2.00 bits per heavy atom. The summed E-state index contributed by atoms with van der Waals surface area (Å²) >= 11 is 0. The topological polar surface area (TPSA) is 59.4 Å². The molecule has 28 heavy (non-hydrogen) atoms. The van der Waals surface area contributed by atoms with Gasteiger partial charge in [0.2, 0.25) is 0 Å². The molecule has 2 aromatic rings. The molecule has 1 heterocycles. The minimum Gasteiger partial charge on any atom is -0.338 e. The van der Waals surface area contributed by atoms with E-state index in [0.29, 0.717) is 24.6 Å². The van der Waals surface area contributed by atoms with Crippen molar-refractivity contribution in [2.45, 2.75) is 25.9 Å². The summed E-state index contributed by atoms with van der Waals surface area (Å²) in [4.78, 5) is 16.6. The van der Waals surface area contributed by atoms with Gasteiger partial charge in [-0.25, -0.2) is 4.79 Å². The Hall–Kier alpha value is -2.84. The van der Waals surface area contributed by atoms with Crippen LogP contribution in [-0.4, -0.2) is 42.5 Å². The molecule has 1 unspecified atom stereocenters. The third-order valence-corrected chi connectivity index (χ3v) is 5.22. The van der Waals surface area contributed by atoms with Crippen LogP contribution in [0.25, 0.3) is 0 Å². The van der Waals surface area contributed by atoms with E-state index in [2.05, 4.69) is 40.6 Å². The van der Waals surface area contributed by atoms with Gasteiger partial charge >= 0.3 is 6.03 Å². The molecule has 2 amide bonds. The maximum absolute atomic E-state index is 12.5. The van der Waals surface area contributed by atoms with Crippen LogP contribution in [0.2, 0.25) is 0 Å². The number of amides is 2. The summed E-state index contributed by atoms with van der Waals surface area (Å²) in [5.41, 5.74) is 2.92. The predicted molar refractivity (Wildman–Crippen MR) is 110 cm³/mol. The number of carbonyl (C=O) groups is 1. The van der Waals surface area contributed by atoms with Gasteiger partial charge < -0.3 is 10.2 Å². The molecular weight excluding hydrogens is 348 g/mol. The minimum atomic E-state index is -0.0671. The zero-order valence-corrected chi connectivity index (χ0v) is 16.5. The number of hydrogen-bond donors (Lipinski definition) is 1. The second-order valence-electron chi connectivity index (χ2n) is 7.58. The average molecular weight is 377 g/mol. The number of benzene rings is 2. The van der Waals surface area contributed by atoms with Crippen LogP contribution >= 0.6 is 0 Å². The molecule has 1 atom stereocenters. The lowest BCUT2D eigenvalue weighted by atomic mass is 9.97. The third-order valence-electron chi connectivity index (χ3n) is 5.22. The van der Waals surface area contributed by atoms with Crippen molar-refractivity contribution in [3.8, 4) is 6.07 Å². The number of nitriles is 1. The normalized spacial score (nSPS) is 16.9. The molecular formula is C23H28N4O. The Morgan fingerprint density at radius 1 is 1.21 bits per heavy atom. The van der Waals surface area contributed by atoms with E-state index in [1.54, 1.807) is 18.0 Å². The van der Waals surface area contributed by atoms with Gasteiger partial charge in [0, 0.05) is 33.2 Å². The van der Waals surface area contributed by atoms with E-state index in [0.717, 1.165) is 31.6 Å². The Morgan fingerprint density at radius 3 is 2.79 bits per heavy atom. The number of rotatable bonds is 6. The zero-order chi connectivity index (χ0) is 19.8. The Bertz CT molecular complexity index is 815. The van der Waals surface area contributed by atoms with Crippen LogP contribution in [0.5, 0.6) is 0 Å². The van der Waals surface area contributed by atoms with Crippen molar-refractivity contribution >= 4 is 6.03 Å². The molecule has 1 aliphatic heterocycles. The number of piperidine rings is 1. The summed E-state index contributed by atoms with van der Waals surface area (Å²) < 4.78 is 0. The van der Waals surface area contributed by atoms with Gasteiger partial charge in [0.1, 0.15) is 0 Å². The number of carbonyl (C=O) groups excluding carboxylic acids is 1. The fourth-order valence-corrected chi connectivity index (χ4v) is 3.75. The average Bonchev–Trinajstić information content (AvgIpc) is 2.73. The van der Waals surface area contributed by atoms with E-state index >= 15 is 0 Å². The Balaban J connectivity index is 1.45. The standard InChI is InChI=1S/C23H28N4O/c1-26(16-21-10-5-9-20(13-21)14-24)23(28)25-15-22-11-6-12-27(18-22)17-19-7-3-2-4-8-19/h2-5,7-10,13,22H,6,11-12,15-18H2,1H3,(H,25,28). The molecule has 0 aromatic heterocycles. The Kier molecular flexibility index (Phi) is 7.05. The van der Waals surface area contributed by atoms with Crippen molar-refractivity contribution in [2.24, 2.45) is 5.92 Å². The molecule has 5 nitrogen and oxygen atoms in total. The van der Waals surface area contributed by atoms with Gasteiger partial charge in [-0.05, 0) is 48.6 Å². The lowest BCUT2D eigenvalue weighted by Crippen LogP contribution is -2.43. The van der Waals surface area contributed by atoms with Crippen molar-refractivity contribution in [3.63, 3.8) is 0 Å². The molecule has 5 heteroatoms. The van der Waals surface area contributed by atoms with Crippen molar-refractivity contribution in [2.75, 3.05) is 26.7 Å². The van der Waals surface area contributed by atoms with Gasteiger partial charge in [-0.2, -0.15) is 5.26 Å². The van der Waals surface area contributed by atoms with Crippen molar-refractivity contribution in [3.05, 3.63) is 71.3 Å². The highest BCUT2D eigenvalue weighted by atomic mass is 16.2. The largest absolute Gasteiger partial charge is 0.338 e. The maximum atomic E-state index is 12.5. The fourth-order valence-electron chi connectivity index (χ4n) is 3.75. The quantitative estimate of drug-likeness (QED) is 0.838. The van der Waals surface area contributed by atoms with Crippen LogP contribution in [0.1, 0.15) is 29.5 Å². The molecule has 0 radical (unpaired) electrons. The van der Waals surface area contributed by atoms with Crippen LogP contribution in [0.3, 0.4) is 0 Å². The number of nitrogens with zero attached hydrogens (tertiary/aromatic N) is 3. The predicted octanol–water partition coefficient (Wildman–Crippen LogP) is 3.61. The monoisotopic (exact) mass is 376 g/mol. The number of hydrogen-bond acceptors (Lipinski definition) is 3. The second kappa shape index (κ2) is 9.91. The molecule has 0 spiro atoms. The van der Waals surface area contributed by atoms with E-state index in [9.17, 15) is 4.79 Å². The van der Waals surface area contributed by atoms with Crippen LogP contribution in [0.15, 0.2) is 54.6 Å². The SMILES string of the molecule is CN(Cc1cccc(C#N)c1)C(=O)NCC1CCCN(Cc2ccccc2)C1. The summed E-state index contributed by atoms with van der Waals surface area (Å²) in [5.74, 6) is 0.483. The second-order valence-corrected chi connectivity index (χ2v) is 7.58. The van der Waals surface area contributed by atoms with Gasteiger partial charge in [-0.15, -0.1) is 0 Å². The summed E-state index contributed by atoms with van der Waals surface area (Å²) in [5, 5.41) is 12.1. The van der Waals surface area contributed by atoms with Crippen LogP contribution < -0.4 is 5.32 Å².